The molecule has 0 unspecified atom stereocenters. The number of rotatable bonds is 2. The Morgan fingerprint density at radius 3 is 1.74 bits per heavy atom. The standard InChI is InChI=1S/C40H24S.H2S/c1-2-7-32-25(6-1)18-21-35-34(32)20-19-26-12-13-30(24-38(26)35)28-14-15-29-23-31(17-16-27(29)22-28)33-9-5-10-37-36-8-3-4-11-39(36)41-40(33)37;/h1-24H;1H2. The van der Waals surface area contributed by atoms with Crippen LogP contribution < -0.4 is 0 Å². The Hall–Kier alpha value is -4.63. The molecule has 198 valence electrons. The van der Waals surface area contributed by atoms with Crippen molar-refractivity contribution in [1.82, 2.24) is 0 Å². The number of hydrogen-bond acceptors (Lipinski definition) is 1. The molecule has 1 aromatic heterocycles. The highest BCUT2D eigenvalue weighted by Gasteiger charge is 2.11. The van der Waals surface area contributed by atoms with Gasteiger partial charge < -0.3 is 0 Å². The van der Waals surface area contributed by atoms with Crippen molar-refractivity contribution >= 4 is 88.1 Å². The molecule has 8 aromatic carbocycles. The topological polar surface area (TPSA) is 0 Å². The molecule has 0 atom stereocenters. The minimum Gasteiger partial charge on any atom is -0.197 e. The molecule has 0 saturated carbocycles. The molecule has 0 bridgehead atoms. The van der Waals surface area contributed by atoms with Crippen LogP contribution in [0.2, 0.25) is 0 Å². The lowest BCUT2D eigenvalue weighted by Crippen LogP contribution is -1.84. The molecule has 0 saturated heterocycles. The fourth-order valence-corrected chi connectivity index (χ4v) is 7.80. The summed E-state index contributed by atoms with van der Waals surface area (Å²) in [5.41, 5.74) is 5.08. The molecule has 0 aliphatic heterocycles. The molecule has 0 fully saturated rings. The van der Waals surface area contributed by atoms with Gasteiger partial charge in [-0.1, -0.05) is 121 Å². The van der Waals surface area contributed by atoms with E-state index in [1.807, 2.05) is 11.3 Å². The lowest BCUT2D eigenvalue weighted by molar-refractivity contribution is 1.67. The summed E-state index contributed by atoms with van der Waals surface area (Å²) in [7, 11) is 0. The normalized spacial score (nSPS) is 11.6. The molecule has 1 heterocycles. The first-order valence-corrected chi connectivity index (χ1v) is 14.9. The predicted octanol–water partition coefficient (Wildman–Crippen LogP) is 12.1. The van der Waals surface area contributed by atoms with Gasteiger partial charge in [0, 0.05) is 20.2 Å². The van der Waals surface area contributed by atoms with E-state index in [0.717, 1.165) is 0 Å². The Bertz CT molecular complexity index is 2480. The summed E-state index contributed by atoms with van der Waals surface area (Å²) in [5, 5.41) is 13.0. The minimum atomic E-state index is 0. The Kier molecular flexibility index (Phi) is 5.82. The number of hydrogen-bond donors (Lipinski definition) is 0. The van der Waals surface area contributed by atoms with Crippen LogP contribution in [-0.4, -0.2) is 0 Å². The zero-order valence-corrected chi connectivity index (χ0v) is 24.6. The van der Waals surface area contributed by atoms with Crippen LogP contribution in [0.25, 0.3) is 85.5 Å². The summed E-state index contributed by atoms with van der Waals surface area (Å²) in [5.74, 6) is 0. The maximum absolute atomic E-state index is 2.37. The van der Waals surface area contributed by atoms with Crippen molar-refractivity contribution < 1.29 is 0 Å². The van der Waals surface area contributed by atoms with Gasteiger partial charge in [0.05, 0.1) is 0 Å². The van der Waals surface area contributed by atoms with E-state index in [4.69, 9.17) is 0 Å². The second-order valence-electron chi connectivity index (χ2n) is 10.9. The summed E-state index contributed by atoms with van der Waals surface area (Å²) < 4.78 is 2.71. The highest BCUT2D eigenvalue weighted by molar-refractivity contribution is 7.59. The highest BCUT2D eigenvalue weighted by Crippen LogP contribution is 2.41. The second-order valence-corrected chi connectivity index (χ2v) is 12.0. The summed E-state index contributed by atoms with van der Waals surface area (Å²) in [6.07, 6.45) is 0. The van der Waals surface area contributed by atoms with Gasteiger partial charge in [0.25, 0.3) is 0 Å². The van der Waals surface area contributed by atoms with E-state index in [1.54, 1.807) is 0 Å². The van der Waals surface area contributed by atoms with Gasteiger partial charge in [-0.3, -0.25) is 0 Å². The van der Waals surface area contributed by atoms with Crippen LogP contribution >= 0.6 is 24.8 Å². The lowest BCUT2D eigenvalue weighted by atomic mass is 9.93. The molecule has 0 spiro atoms. The average Bonchev–Trinajstić information content (AvgIpc) is 3.43. The molecule has 0 aliphatic rings. The Labute approximate surface area is 254 Å². The molecule has 0 radical (unpaired) electrons. The van der Waals surface area contributed by atoms with Gasteiger partial charge in [-0.15, -0.1) is 11.3 Å². The third-order valence-electron chi connectivity index (χ3n) is 8.63. The molecular weight excluding hydrogens is 545 g/mol. The second kappa shape index (κ2) is 9.73. The number of thiophene rings is 1. The first-order valence-electron chi connectivity index (χ1n) is 14.1. The highest BCUT2D eigenvalue weighted by atomic mass is 32.1. The van der Waals surface area contributed by atoms with E-state index < -0.39 is 0 Å². The van der Waals surface area contributed by atoms with Crippen molar-refractivity contribution in [2.75, 3.05) is 0 Å². The van der Waals surface area contributed by atoms with Gasteiger partial charge in [0.15, 0.2) is 0 Å². The quantitative estimate of drug-likeness (QED) is 0.181. The van der Waals surface area contributed by atoms with E-state index in [2.05, 4.69) is 146 Å². The Morgan fingerprint density at radius 2 is 0.905 bits per heavy atom. The van der Waals surface area contributed by atoms with E-state index in [-0.39, 0.29) is 13.5 Å². The first-order chi connectivity index (χ1) is 20.3. The van der Waals surface area contributed by atoms with Gasteiger partial charge in [0.1, 0.15) is 0 Å². The average molecular weight is 571 g/mol. The fourth-order valence-electron chi connectivity index (χ4n) is 6.56. The van der Waals surface area contributed by atoms with Gasteiger partial charge in [-0.2, -0.15) is 13.5 Å². The molecule has 9 rings (SSSR count). The minimum absolute atomic E-state index is 0. The summed E-state index contributed by atoms with van der Waals surface area (Å²) in [6.45, 7) is 0. The molecular formula is C40H26S2. The van der Waals surface area contributed by atoms with Crippen LogP contribution in [0.4, 0.5) is 0 Å². The summed E-state index contributed by atoms with van der Waals surface area (Å²) in [4.78, 5) is 0. The fraction of sp³-hybridized carbons (Fsp3) is 0. The maximum Gasteiger partial charge on any atom is 0.0433 e. The van der Waals surface area contributed by atoms with Crippen molar-refractivity contribution in [2.24, 2.45) is 0 Å². The Balaban J connectivity index is 0.00000267. The van der Waals surface area contributed by atoms with E-state index in [0.29, 0.717) is 0 Å². The zero-order valence-electron chi connectivity index (χ0n) is 22.8. The lowest BCUT2D eigenvalue weighted by Gasteiger charge is -2.11. The van der Waals surface area contributed by atoms with Gasteiger partial charge in [-0.05, 0) is 89.6 Å². The van der Waals surface area contributed by atoms with Crippen LogP contribution in [0.5, 0.6) is 0 Å². The van der Waals surface area contributed by atoms with Crippen molar-refractivity contribution in [3.05, 3.63) is 146 Å². The molecule has 0 nitrogen and oxygen atoms in total. The monoisotopic (exact) mass is 570 g/mol. The molecule has 0 amide bonds. The third kappa shape index (κ3) is 3.84. The SMILES string of the molecule is S.c1ccc2c(c1)ccc1c3cc(-c4ccc5cc(-c6cccc7c6sc6ccccc67)ccc5c4)ccc3ccc21. The number of fused-ring (bicyclic) bond motifs is 9. The van der Waals surface area contributed by atoms with Crippen LogP contribution in [0.1, 0.15) is 0 Å². The molecule has 0 N–H and O–H groups in total. The third-order valence-corrected chi connectivity index (χ3v) is 9.85. The van der Waals surface area contributed by atoms with Gasteiger partial charge >= 0.3 is 0 Å². The van der Waals surface area contributed by atoms with Gasteiger partial charge in [-0.25, -0.2) is 0 Å². The predicted molar refractivity (Wildman–Crippen MR) is 191 cm³/mol. The van der Waals surface area contributed by atoms with Crippen molar-refractivity contribution in [3.63, 3.8) is 0 Å². The van der Waals surface area contributed by atoms with Crippen molar-refractivity contribution in [3.8, 4) is 22.3 Å². The van der Waals surface area contributed by atoms with Gasteiger partial charge in [0.2, 0.25) is 0 Å². The van der Waals surface area contributed by atoms with Crippen molar-refractivity contribution in [2.45, 2.75) is 0 Å². The zero-order chi connectivity index (χ0) is 26.9. The molecule has 9 aromatic rings. The summed E-state index contributed by atoms with van der Waals surface area (Å²) in [6, 6.07) is 53.8. The van der Waals surface area contributed by atoms with Crippen molar-refractivity contribution in [1.29, 1.82) is 0 Å². The van der Waals surface area contributed by atoms with Crippen LogP contribution in [0.15, 0.2) is 146 Å². The molecule has 0 aliphatic carbocycles. The van der Waals surface area contributed by atoms with Crippen LogP contribution in [0.3, 0.4) is 0 Å². The molecule has 42 heavy (non-hydrogen) atoms. The smallest absolute Gasteiger partial charge is 0.0433 e. The largest absolute Gasteiger partial charge is 0.197 e. The van der Waals surface area contributed by atoms with Crippen LogP contribution in [-0.2, 0) is 0 Å². The first kappa shape index (κ1) is 25.1. The summed E-state index contributed by atoms with van der Waals surface area (Å²) >= 11 is 1.89. The van der Waals surface area contributed by atoms with E-state index in [9.17, 15) is 0 Å². The van der Waals surface area contributed by atoms with E-state index in [1.165, 1.54) is 85.5 Å². The number of benzene rings is 8. The Morgan fingerprint density at radius 1 is 0.333 bits per heavy atom. The van der Waals surface area contributed by atoms with E-state index >= 15 is 0 Å². The maximum atomic E-state index is 2.37. The van der Waals surface area contributed by atoms with Crippen LogP contribution in [0, 0.1) is 0 Å². The molecule has 2 heteroatoms.